The van der Waals surface area contributed by atoms with Crippen LogP contribution in [-0.4, -0.2) is 31.3 Å². The molecule has 152 valence electrons. The minimum Gasteiger partial charge on any atom is -0.478 e. The summed E-state index contributed by atoms with van der Waals surface area (Å²) in [7, 11) is 0. The topological polar surface area (TPSA) is 92.2 Å². The highest BCUT2D eigenvalue weighted by Crippen LogP contribution is 2.18. The highest BCUT2D eigenvalue weighted by Gasteiger charge is 2.10. The largest absolute Gasteiger partial charge is 0.478 e. The van der Waals surface area contributed by atoms with Crippen molar-refractivity contribution in [2.75, 3.05) is 0 Å². The first-order chi connectivity index (χ1) is 14.4. The lowest BCUT2D eigenvalue weighted by atomic mass is 10.0. The third kappa shape index (κ3) is 4.72. The van der Waals surface area contributed by atoms with Gasteiger partial charge in [0.05, 0.1) is 0 Å². The number of aromatic nitrogens is 4. The van der Waals surface area contributed by atoms with Crippen molar-refractivity contribution in [3.63, 3.8) is 0 Å². The van der Waals surface area contributed by atoms with Gasteiger partial charge in [-0.2, -0.15) is 0 Å². The predicted molar refractivity (Wildman–Crippen MR) is 107 cm³/mol. The Morgan fingerprint density at radius 1 is 0.733 bits per heavy atom. The molecule has 2 heterocycles. The lowest BCUT2D eigenvalue weighted by Crippen LogP contribution is -2.32. The van der Waals surface area contributed by atoms with E-state index >= 15 is 0 Å². The van der Waals surface area contributed by atoms with Crippen LogP contribution in [-0.2, 0) is 35.8 Å². The average Bonchev–Trinajstić information content (AvgIpc) is 3.30. The summed E-state index contributed by atoms with van der Waals surface area (Å²) in [4.78, 5) is 21.6. The molecule has 0 bridgehead atoms. The second-order valence-electron chi connectivity index (χ2n) is 7.32. The lowest BCUT2D eigenvalue weighted by molar-refractivity contribution is -0.688. The van der Waals surface area contributed by atoms with Gasteiger partial charge < -0.3 is 10.2 Å². The van der Waals surface area contributed by atoms with Crippen LogP contribution in [0.2, 0.25) is 0 Å². The average molecular weight is 406 g/mol. The Morgan fingerprint density at radius 3 is 1.57 bits per heavy atom. The van der Waals surface area contributed by atoms with Crippen LogP contribution < -0.4 is 9.13 Å². The van der Waals surface area contributed by atoms with E-state index < -0.39 is 11.9 Å². The van der Waals surface area contributed by atoms with Crippen molar-refractivity contribution in [2.24, 2.45) is 0 Å². The van der Waals surface area contributed by atoms with Gasteiger partial charge in [0.15, 0.2) is 13.1 Å². The van der Waals surface area contributed by atoms with Crippen LogP contribution in [0.5, 0.6) is 0 Å². The Kier molecular flexibility index (Phi) is 5.30. The van der Waals surface area contributed by atoms with Gasteiger partial charge in [0.2, 0.25) is 12.7 Å². The molecule has 2 aromatic heterocycles. The Balaban J connectivity index is 1.47. The fourth-order valence-corrected chi connectivity index (χ4v) is 3.53. The summed E-state index contributed by atoms with van der Waals surface area (Å²) in [5, 5.41) is 20.0. The first-order valence-corrected chi connectivity index (χ1v) is 9.49. The summed E-state index contributed by atoms with van der Waals surface area (Å²) in [5.74, 6) is -1.73. The molecule has 2 aromatic carbocycles. The predicted octanol–water partition coefficient (Wildman–Crippen LogP) is 1.28. The third-order valence-corrected chi connectivity index (χ3v) is 4.83. The van der Waals surface area contributed by atoms with E-state index in [1.165, 1.54) is 0 Å². The first-order valence-electron chi connectivity index (χ1n) is 9.49. The van der Waals surface area contributed by atoms with Crippen molar-refractivity contribution in [3.05, 3.63) is 85.0 Å². The number of hydrogen-bond donors (Lipinski definition) is 2. The van der Waals surface area contributed by atoms with E-state index in [0.717, 1.165) is 21.9 Å². The molecular formula is C22H22N4O4+2. The standard InChI is InChI=1S/C22H20N4O4/c27-21(28)13-25-7-5-23(15-25)11-17-1-3-19-10-18(2-4-20(19)9-17)12-24-6-8-26(16-24)14-22(29)30/h1-10,15-16H,11-14H2/p+2. The minimum absolute atomic E-state index is 0.0504. The van der Waals surface area contributed by atoms with Gasteiger partial charge in [-0.25, -0.2) is 27.9 Å². The number of benzene rings is 2. The van der Waals surface area contributed by atoms with Crippen LogP contribution in [0.15, 0.2) is 73.8 Å². The number of aliphatic carboxylic acids is 2. The quantitative estimate of drug-likeness (QED) is 0.431. The maximum Gasteiger partial charge on any atom is 0.346 e. The van der Waals surface area contributed by atoms with Crippen LogP contribution in [0, 0.1) is 0 Å². The Morgan fingerprint density at radius 2 is 1.17 bits per heavy atom. The Labute approximate surface area is 172 Å². The van der Waals surface area contributed by atoms with E-state index in [1.807, 2.05) is 21.5 Å². The van der Waals surface area contributed by atoms with Crippen LogP contribution in [0.1, 0.15) is 11.1 Å². The molecule has 0 aliphatic carbocycles. The zero-order valence-corrected chi connectivity index (χ0v) is 16.3. The van der Waals surface area contributed by atoms with Gasteiger partial charge in [-0.15, -0.1) is 0 Å². The fourth-order valence-electron chi connectivity index (χ4n) is 3.53. The molecule has 0 amide bonds. The van der Waals surface area contributed by atoms with E-state index in [2.05, 4.69) is 36.4 Å². The molecule has 0 atom stereocenters. The number of nitrogens with zero attached hydrogens (tertiary/aromatic N) is 4. The zero-order valence-electron chi connectivity index (χ0n) is 16.3. The molecule has 0 aliphatic rings. The number of carboxylic acids is 2. The highest BCUT2D eigenvalue weighted by atomic mass is 16.4. The van der Waals surface area contributed by atoms with E-state index in [9.17, 15) is 9.59 Å². The van der Waals surface area contributed by atoms with E-state index in [1.54, 1.807) is 34.2 Å². The van der Waals surface area contributed by atoms with Crippen molar-refractivity contribution in [1.29, 1.82) is 0 Å². The minimum atomic E-state index is -0.865. The normalized spacial score (nSPS) is 11.1. The summed E-state index contributed by atoms with van der Waals surface area (Å²) in [5.41, 5.74) is 2.27. The molecule has 4 rings (SSSR count). The van der Waals surface area contributed by atoms with Crippen molar-refractivity contribution < 1.29 is 28.9 Å². The summed E-state index contributed by atoms with van der Waals surface area (Å²) < 4.78 is 7.18. The monoisotopic (exact) mass is 406 g/mol. The van der Waals surface area contributed by atoms with E-state index in [4.69, 9.17) is 10.2 Å². The van der Waals surface area contributed by atoms with Crippen LogP contribution in [0.3, 0.4) is 0 Å². The molecule has 0 saturated carbocycles. The van der Waals surface area contributed by atoms with Crippen molar-refractivity contribution in [1.82, 2.24) is 9.13 Å². The van der Waals surface area contributed by atoms with Gasteiger partial charge in [-0.05, 0) is 34.0 Å². The van der Waals surface area contributed by atoms with Crippen molar-refractivity contribution in [2.45, 2.75) is 26.2 Å². The molecule has 30 heavy (non-hydrogen) atoms. The van der Waals surface area contributed by atoms with Gasteiger partial charge >= 0.3 is 11.9 Å². The lowest BCUT2D eigenvalue weighted by Gasteiger charge is -2.05. The summed E-state index contributed by atoms with van der Waals surface area (Å²) >= 11 is 0. The molecule has 4 aromatic rings. The number of carbonyl (C=O) groups is 2. The highest BCUT2D eigenvalue weighted by molar-refractivity contribution is 5.83. The van der Waals surface area contributed by atoms with Gasteiger partial charge in [0.1, 0.15) is 37.9 Å². The van der Waals surface area contributed by atoms with E-state index in [-0.39, 0.29) is 13.1 Å². The summed E-state index contributed by atoms with van der Waals surface area (Å²) in [6, 6.07) is 12.6. The molecular weight excluding hydrogens is 384 g/mol. The number of imidazole rings is 2. The van der Waals surface area contributed by atoms with Gasteiger partial charge in [0, 0.05) is 0 Å². The molecule has 2 N–H and O–H groups in total. The summed E-state index contributed by atoms with van der Waals surface area (Å²) in [6.45, 7) is 1.23. The molecule has 0 saturated heterocycles. The van der Waals surface area contributed by atoms with Crippen LogP contribution in [0.25, 0.3) is 10.8 Å². The van der Waals surface area contributed by atoms with Gasteiger partial charge in [-0.3, -0.25) is 0 Å². The van der Waals surface area contributed by atoms with E-state index in [0.29, 0.717) is 13.1 Å². The second kappa shape index (κ2) is 8.20. The zero-order chi connectivity index (χ0) is 21.1. The SMILES string of the molecule is O=C(O)Cn1cc[n+](Cc2ccc3cc(C[n+]4ccn(CC(=O)O)c4)ccc3c2)c1. The van der Waals surface area contributed by atoms with Gasteiger partial charge in [0.25, 0.3) is 0 Å². The fraction of sp³-hybridized carbons (Fsp3) is 0.182. The van der Waals surface area contributed by atoms with Gasteiger partial charge in [-0.1, -0.05) is 24.3 Å². The van der Waals surface area contributed by atoms with Crippen LogP contribution in [0.4, 0.5) is 0 Å². The smallest absolute Gasteiger partial charge is 0.346 e. The molecule has 8 nitrogen and oxygen atoms in total. The molecule has 0 aliphatic heterocycles. The molecule has 8 heteroatoms. The number of hydrogen-bond acceptors (Lipinski definition) is 2. The first kappa shape index (κ1) is 19.4. The van der Waals surface area contributed by atoms with Crippen molar-refractivity contribution in [3.8, 4) is 0 Å². The number of fused-ring (bicyclic) bond motifs is 1. The van der Waals surface area contributed by atoms with Crippen LogP contribution >= 0.6 is 0 Å². The summed E-state index contributed by atoms with van der Waals surface area (Å²) in [6.07, 6.45) is 10.8. The Hall–Kier alpha value is -3.94. The molecule has 0 unspecified atom stereocenters. The number of rotatable bonds is 8. The Bertz CT molecular complexity index is 1130. The van der Waals surface area contributed by atoms with Crippen molar-refractivity contribution >= 4 is 22.7 Å². The molecule has 0 radical (unpaired) electrons. The second-order valence-corrected chi connectivity index (χ2v) is 7.32. The third-order valence-electron chi connectivity index (χ3n) is 4.83. The maximum absolute atomic E-state index is 10.8. The maximum atomic E-state index is 10.8. The molecule has 0 spiro atoms. The molecule has 0 fully saturated rings. The number of carboxylic acid groups (broad SMARTS) is 2.